The van der Waals surface area contributed by atoms with Crippen LogP contribution in [0.25, 0.3) is 0 Å². The minimum Gasteiger partial charge on any atom is -0.497 e. The van der Waals surface area contributed by atoms with Crippen molar-refractivity contribution in [2.75, 3.05) is 19.0 Å². The maximum absolute atomic E-state index is 13.7. The van der Waals surface area contributed by atoms with E-state index in [0.717, 1.165) is 0 Å². The molecule has 1 aliphatic rings. The number of hydrogen-bond donors (Lipinski definition) is 3. The Morgan fingerprint density at radius 3 is 2.71 bits per heavy atom. The summed E-state index contributed by atoms with van der Waals surface area (Å²) in [7, 11) is 1.50. The van der Waals surface area contributed by atoms with Crippen molar-refractivity contribution in [1.82, 2.24) is 0 Å². The van der Waals surface area contributed by atoms with E-state index in [1.165, 1.54) is 25.3 Å². The molecule has 5 nitrogen and oxygen atoms in total. The smallest absolute Gasteiger partial charge is 0.306 e. The molecular formula is C15H20FNO4. The molecule has 0 bridgehead atoms. The third-order valence-corrected chi connectivity index (χ3v) is 4.05. The number of carbonyl (C=O) groups is 1. The van der Waals surface area contributed by atoms with Crippen LogP contribution in [0.2, 0.25) is 0 Å². The van der Waals surface area contributed by atoms with Gasteiger partial charge in [-0.2, -0.15) is 0 Å². The molecule has 0 saturated heterocycles. The van der Waals surface area contributed by atoms with Crippen LogP contribution in [-0.4, -0.2) is 35.4 Å². The summed E-state index contributed by atoms with van der Waals surface area (Å²) in [4.78, 5) is 10.9. The summed E-state index contributed by atoms with van der Waals surface area (Å²) in [6.45, 7) is 0.184. The van der Waals surface area contributed by atoms with Gasteiger partial charge in [0.05, 0.1) is 24.3 Å². The maximum atomic E-state index is 13.7. The summed E-state index contributed by atoms with van der Waals surface area (Å²) in [6, 6.07) is 4.35. The summed E-state index contributed by atoms with van der Waals surface area (Å²) >= 11 is 0. The monoisotopic (exact) mass is 297 g/mol. The van der Waals surface area contributed by atoms with E-state index in [0.29, 0.717) is 31.4 Å². The van der Waals surface area contributed by atoms with E-state index in [4.69, 9.17) is 9.84 Å². The Morgan fingerprint density at radius 1 is 1.48 bits per heavy atom. The number of rotatable bonds is 5. The van der Waals surface area contributed by atoms with Crippen LogP contribution in [0.15, 0.2) is 18.2 Å². The minimum atomic E-state index is -0.999. The topological polar surface area (TPSA) is 78.8 Å². The highest BCUT2D eigenvalue weighted by Gasteiger charge is 2.35. The Bertz CT molecular complexity index is 512. The van der Waals surface area contributed by atoms with Crippen molar-refractivity contribution in [3.63, 3.8) is 0 Å². The van der Waals surface area contributed by atoms with E-state index in [1.807, 2.05) is 0 Å². The second-order valence-corrected chi connectivity index (χ2v) is 5.54. The van der Waals surface area contributed by atoms with Crippen molar-refractivity contribution < 1.29 is 24.1 Å². The molecular weight excluding hydrogens is 277 g/mol. The molecule has 3 N–H and O–H groups in total. The molecule has 116 valence electrons. The number of aliphatic hydroxyl groups is 1. The molecule has 1 aromatic carbocycles. The van der Waals surface area contributed by atoms with Gasteiger partial charge in [0.25, 0.3) is 0 Å². The van der Waals surface area contributed by atoms with Crippen LogP contribution in [0.4, 0.5) is 10.1 Å². The average molecular weight is 297 g/mol. The lowest BCUT2D eigenvalue weighted by Crippen LogP contribution is -2.42. The zero-order chi connectivity index (χ0) is 15.5. The summed E-state index contributed by atoms with van der Waals surface area (Å²) in [5.74, 6) is -1.10. The maximum Gasteiger partial charge on any atom is 0.306 e. The molecule has 1 saturated carbocycles. The van der Waals surface area contributed by atoms with Crippen LogP contribution in [-0.2, 0) is 4.79 Å². The summed E-state index contributed by atoms with van der Waals surface area (Å²) in [5.41, 5.74) is -0.732. The van der Waals surface area contributed by atoms with Gasteiger partial charge in [0.2, 0.25) is 0 Å². The summed E-state index contributed by atoms with van der Waals surface area (Å²) in [5, 5.41) is 22.3. The molecule has 0 unspecified atom stereocenters. The van der Waals surface area contributed by atoms with Crippen molar-refractivity contribution in [3.05, 3.63) is 24.0 Å². The largest absolute Gasteiger partial charge is 0.497 e. The standard InChI is InChI=1S/C15H20FNO4/c1-21-11-2-3-12(16)13(8-11)17-9-15(20)6-4-10(5-7-15)14(18)19/h2-3,8,10,17,20H,4-7,9H2,1H3,(H,18,19). The molecule has 1 aliphatic carbocycles. The molecule has 1 aromatic rings. The van der Waals surface area contributed by atoms with Crippen LogP contribution in [0.3, 0.4) is 0 Å². The van der Waals surface area contributed by atoms with Gasteiger partial charge >= 0.3 is 5.97 Å². The van der Waals surface area contributed by atoms with Crippen molar-refractivity contribution in [1.29, 1.82) is 0 Å². The van der Waals surface area contributed by atoms with Crippen LogP contribution in [0, 0.1) is 11.7 Å². The van der Waals surface area contributed by atoms with Gasteiger partial charge in [0.1, 0.15) is 11.6 Å². The molecule has 0 heterocycles. The van der Waals surface area contributed by atoms with Crippen LogP contribution in [0.5, 0.6) is 5.75 Å². The van der Waals surface area contributed by atoms with E-state index in [9.17, 15) is 14.3 Å². The number of benzene rings is 1. The van der Waals surface area contributed by atoms with E-state index in [2.05, 4.69) is 5.32 Å². The summed E-state index contributed by atoms with van der Waals surface area (Å²) < 4.78 is 18.7. The molecule has 0 spiro atoms. The van der Waals surface area contributed by atoms with E-state index < -0.39 is 17.4 Å². The number of ether oxygens (including phenoxy) is 1. The van der Waals surface area contributed by atoms with Gasteiger partial charge < -0.3 is 20.3 Å². The number of hydrogen-bond acceptors (Lipinski definition) is 4. The molecule has 0 amide bonds. The van der Waals surface area contributed by atoms with Crippen molar-refractivity contribution >= 4 is 11.7 Å². The lowest BCUT2D eigenvalue weighted by atomic mass is 9.79. The first-order chi connectivity index (χ1) is 9.93. The van der Waals surface area contributed by atoms with E-state index >= 15 is 0 Å². The van der Waals surface area contributed by atoms with Gasteiger partial charge in [0.15, 0.2) is 0 Å². The van der Waals surface area contributed by atoms with Crippen molar-refractivity contribution in [2.45, 2.75) is 31.3 Å². The van der Waals surface area contributed by atoms with Crippen LogP contribution < -0.4 is 10.1 Å². The highest BCUT2D eigenvalue weighted by Crippen LogP contribution is 2.33. The van der Waals surface area contributed by atoms with Gasteiger partial charge in [0, 0.05) is 12.6 Å². The lowest BCUT2D eigenvalue weighted by molar-refractivity contribution is -0.144. The quantitative estimate of drug-likeness (QED) is 0.777. The van der Waals surface area contributed by atoms with Gasteiger partial charge in [-0.25, -0.2) is 4.39 Å². The number of methoxy groups -OCH3 is 1. The number of carboxylic acids is 1. The Balaban J connectivity index is 1.95. The molecule has 0 aliphatic heterocycles. The highest BCUT2D eigenvalue weighted by molar-refractivity contribution is 5.70. The molecule has 0 atom stereocenters. The minimum absolute atomic E-state index is 0.184. The second-order valence-electron chi connectivity index (χ2n) is 5.54. The fourth-order valence-corrected chi connectivity index (χ4v) is 2.61. The Kier molecular flexibility index (Phi) is 4.67. The number of nitrogens with one attached hydrogen (secondary N) is 1. The number of anilines is 1. The fraction of sp³-hybridized carbons (Fsp3) is 0.533. The highest BCUT2D eigenvalue weighted by atomic mass is 19.1. The molecule has 6 heteroatoms. The van der Waals surface area contributed by atoms with Gasteiger partial charge in [-0.15, -0.1) is 0 Å². The average Bonchev–Trinajstić information content (AvgIpc) is 2.47. The zero-order valence-electron chi connectivity index (χ0n) is 11.9. The second kappa shape index (κ2) is 6.30. The fourth-order valence-electron chi connectivity index (χ4n) is 2.61. The molecule has 21 heavy (non-hydrogen) atoms. The normalized spacial score (nSPS) is 25.4. The van der Waals surface area contributed by atoms with E-state index in [1.54, 1.807) is 0 Å². The number of carboxylic acid groups (broad SMARTS) is 1. The SMILES string of the molecule is COc1ccc(F)c(NCC2(O)CCC(C(=O)O)CC2)c1. The molecule has 0 radical (unpaired) electrons. The molecule has 1 fully saturated rings. The lowest BCUT2D eigenvalue weighted by Gasteiger charge is -2.35. The molecule has 2 rings (SSSR count). The molecule has 0 aromatic heterocycles. The summed E-state index contributed by atoms with van der Waals surface area (Å²) in [6.07, 6.45) is 1.66. The third kappa shape index (κ3) is 3.85. The van der Waals surface area contributed by atoms with Gasteiger partial charge in [-0.05, 0) is 37.8 Å². The van der Waals surface area contributed by atoms with Crippen molar-refractivity contribution in [2.24, 2.45) is 5.92 Å². The first-order valence-corrected chi connectivity index (χ1v) is 6.96. The number of aliphatic carboxylic acids is 1. The predicted molar refractivity (Wildman–Crippen MR) is 76.0 cm³/mol. The first kappa shape index (κ1) is 15.6. The Hall–Kier alpha value is -1.82. The van der Waals surface area contributed by atoms with Crippen molar-refractivity contribution in [3.8, 4) is 5.75 Å². The van der Waals surface area contributed by atoms with Gasteiger partial charge in [-0.1, -0.05) is 0 Å². The Labute approximate surface area is 122 Å². The van der Waals surface area contributed by atoms with Crippen LogP contribution in [0.1, 0.15) is 25.7 Å². The van der Waals surface area contributed by atoms with Crippen LogP contribution >= 0.6 is 0 Å². The van der Waals surface area contributed by atoms with E-state index in [-0.39, 0.29) is 18.2 Å². The number of halogens is 1. The zero-order valence-corrected chi connectivity index (χ0v) is 11.9. The Morgan fingerprint density at radius 2 is 2.14 bits per heavy atom. The third-order valence-electron chi connectivity index (χ3n) is 4.05. The van der Waals surface area contributed by atoms with Gasteiger partial charge in [-0.3, -0.25) is 4.79 Å². The first-order valence-electron chi connectivity index (χ1n) is 6.96. The predicted octanol–water partition coefficient (Wildman–Crippen LogP) is 2.25.